The van der Waals surface area contributed by atoms with Crippen molar-refractivity contribution in [2.75, 3.05) is 49.1 Å². The lowest BCUT2D eigenvalue weighted by molar-refractivity contribution is 0.173. The third-order valence-corrected chi connectivity index (χ3v) is 8.28. The molecule has 0 saturated heterocycles. The highest BCUT2D eigenvalue weighted by atomic mass is 31.2. The molecule has 6 nitrogen and oxygen atoms in total. The van der Waals surface area contributed by atoms with Crippen LogP contribution in [0.4, 0.5) is 0 Å². The van der Waals surface area contributed by atoms with Crippen molar-refractivity contribution in [2.45, 2.75) is 5.85 Å². The first-order valence-corrected chi connectivity index (χ1v) is 8.53. The summed E-state index contributed by atoms with van der Waals surface area (Å²) < 4.78 is 17.1. The maximum absolute atomic E-state index is 11.1. The summed E-state index contributed by atoms with van der Waals surface area (Å²) >= 11 is 0. The van der Waals surface area contributed by atoms with Crippen LogP contribution in [0.2, 0.25) is 0 Å². The lowest BCUT2D eigenvalue weighted by atomic mass is 10.2. The molecule has 0 saturated carbocycles. The fourth-order valence-electron chi connectivity index (χ4n) is 3.00. The van der Waals surface area contributed by atoms with Crippen molar-refractivity contribution in [1.29, 1.82) is 0 Å². The number of fused-ring (bicyclic) bond motifs is 1. The minimum absolute atomic E-state index is 0.240. The third kappa shape index (κ3) is 2.62. The van der Waals surface area contributed by atoms with Crippen molar-refractivity contribution in [3.8, 4) is 11.5 Å². The molecule has 1 aliphatic rings. The van der Waals surface area contributed by atoms with Crippen molar-refractivity contribution >= 4 is 7.71 Å². The van der Waals surface area contributed by atoms with Gasteiger partial charge in [-0.15, -0.1) is 0 Å². The third-order valence-electron chi connectivity index (χ3n) is 3.79. The molecular formula is C14H25N3O3P+. The van der Waals surface area contributed by atoms with E-state index in [1.807, 2.05) is 60.5 Å². The van der Waals surface area contributed by atoms with E-state index >= 15 is 0 Å². The second-order valence-corrected chi connectivity index (χ2v) is 9.76. The van der Waals surface area contributed by atoms with Gasteiger partial charge in [0.1, 0.15) is 0 Å². The molecule has 1 atom stereocenters. The molecule has 1 heterocycles. The summed E-state index contributed by atoms with van der Waals surface area (Å²) in [6, 6.07) is 5.64. The molecule has 1 N–H and O–H groups in total. The minimum Gasteiger partial charge on any atom is -0.454 e. The number of aliphatic hydroxyl groups excluding tert-OH is 1. The summed E-state index contributed by atoms with van der Waals surface area (Å²) in [6.45, 7) is 0.240. The number of rotatable bonds is 5. The van der Waals surface area contributed by atoms with Crippen LogP contribution in [0.15, 0.2) is 18.2 Å². The second-order valence-electron chi connectivity index (χ2n) is 5.64. The Balaban J connectivity index is 2.45. The van der Waals surface area contributed by atoms with Crippen molar-refractivity contribution in [1.82, 2.24) is 14.0 Å². The van der Waals surface area contributed by atoms with Gasteiger partial charge in [0.2, 0.25) is 12.6 Å². The normalized spacial score (nSPS) is 16.1. The molecule has 0 fully saturated rings. The van der Waals surface area contributed by atoms with Gasteiger partial charge in [0.05, 0.1) is 0 Å². The van der Waals surface area contributed by atoms with Gasteiger partial charge in [-0.2, -0.15) is 14.0 Å². The minimum atomic E-state index is -2.09. The highest BCUT2D eigenvalue weighted by Crippen LogP contribution is 2.72. The summed E-state index contributed by atoms with van der Waals surface area (Å²) in [5, 5.41) is 11.1. The van der Waals surface area contributed by atoms with E-state index in [2.05, 4.69) is 14.0 Å². The van der Waals surface area contributed by atoms with Crippen molar-refractivity contribution < 1.29 is 14.6 Å². The van der Waals surface area contributed by atoms with Gasteiger partial charge >= 0.3 is 0 Å². The van der Waals surface area contributed by atoms with Crippen LogP contribution in [-0.2, 0) is 0 Å². The average Bonchev–Trinajstić information content (AvgIpc) is 2.84. The number of nitrogens with zero attached hydrogens (tertiary/aromatic N) is 3. The predicted octanol–water partition coefficient (Wildman–Crippen LogP) is 1.85. The zero-order valence-corrected chi connectivity index (χ0v) is 14.5. The van der Waals surface area contributed by atoms with E-state index in [-0.39, 0.29) is 6.79 Å². The van der Waals surface area contributed by atoms with E-state index in [1.54, 1.807) is 0 Å². The highest BCUT2D eigenvalue weighted by molar-refractivity contribution is 7.69. The molecule has 7 heteroatoms. The lowest BCUT2D eigenvalue weighted by Gasteiger charge is -2.42. The van der Waals surface area contributed by atoms with E-state index in [4.69, 9.17) is 9.47 Å². The first-order valence-electron chi connectivity index (χ1n) is 6.81. The molecule has 0 bridgehead atoms. The van der Waals surface area contributed by atoms with E-state index in [0.717, 1.165) is 11.3 Å². The maximum Gasteiger partial charge on any atom is 0.261 e. The summed E-state index contributed by atoms with van der Waals surface area (Å²) in [7, 11) is 9.93. The molecular weight excluding hydrogens is 289 g/mol. The summed E-state index contributed by atoms with van der Waals surface area (Å²) in [5.41, 5.74) is 0.837. The van der Waals surface area contributed by atoms with E-state index in [0.29, 0.717) is 5.75 Å². The Morgan fingerprint density at radius 3 is 2.00 bits per heavy atom. The van der Waals surface area contributed by atoms with Crippen LogP contribution in [0.25, 0.3) is 0 Å². The zero-order chi connectivity index (χ0) is 15.8. The van der Waals surface area contributed by atoms with Gasteiger partial charge in [0.25, 0.3) is 7.71 Å². The van der Waals surface area contributed by atoms with Gasteiger partial charge < -0.3 is 14.6 Å². The Morgan fingerprint density at radius 1 is 0.952 bits per heavy atom. The molecule has 0 spiro atoms. The highest BCUT2D eigenvalue weighted by Gasteiger charge is 2.55. The van der Waals surface area contributed by atoms with Gasteiger partial charge in [0, 0.05) is 47.8 Å². The molecule has 118 valence electrons. The molecule has 1 aromatic carbocycles. The first kappa shape index (κ1) is 16.5. The van der Waals surface area contributed by atoms with Crippen LogP contribution in [0, 0.1) is 0 Å². The maximum atomic E-state index is 11.1. The van der Waals surface area contributed by atoms with Crippen LogP contribution in [0.5, 0.6) is 11.5 Å². The van der Waals surface area contributed by atoms with Gasteiger partial charge in [-0.05, 0) is 18.2 Å². The molecule has 0 aliphatic carbocycles. The van der Waals surface area contributed by atoms with Crippen LogP contribution >= 0.6 is 7.71 Å². The Labute approximate surface area is 127 Å². The average molecular weight is 314 g/mol. The monoisotopic (exact) mass is 314 g/mol. The Hall–Kier alpha value is -0.910. The fraction of sp³-hybridized carbons (Fsp3) is 0.571. The van der Waals surface area contributed by atoms with Gasteiger partial charge in [0.15, 0.2) is 11.5 Å². The first-order chi connectivity index (χ1) is 9.81. The fourth-order valence-corrected chi connectivity index (χ4v) is 7.02. The molecule has 21 heavy (non-hydrogen) atoms. The summed E-state index contributed by atoms with van der Waals surface area (Å²) in [4.78, 5) is 0. The van der Waals surface area contributed by atoms with Crippen LogP contribution < -0.4 is 9.47 Å². The second kappa shape index (κ2) is 6.07. The lowest BCUT2D eigenvalue weighted by Crippen LogP contribution is -2.39. The Bertz CT molecular complexity index is 486. The van der Waals surface area contributed by atoms with Crippen molar-refractivity contribution in [3.63, 3.8) is 0 Å². The van der Waals surface area contributed by atoms with E-state index in [9.17, 15) is 5.11 Å². The van der Waals surface area contributed by atoms with Crippen LogP contribution in [0.1, 0.15) is 11.4 Å². The summed E-state index contributed by atoms with van der Waals surface area (Å²) in [5.74, 6) is 0.794. The van der Waals surface area contributed by atoms with Crippen molar-refractivity contribution in [3.05, 3.63) is 23.8 Å². The molecule has 0 aromatic heterocycles. The number of benzene rings is 1. The Kier molecular flexibility index (Phi) is 4.76. The molecule has 0 amide bonds. The largest absolute Gasteiger partial charge is 0.454 e. The standard InChI is InChI=1S/C14H25N3O3P/c1-15(2)21(16(3)4,17(5)6)14(18)11-7-8-12-13(9-11)20-10-19-12/h7-9,14,18H,10H2,1-6H3/q+1. The SMILES string of the molecule is CN(C)[P+](C(O)c1ccc2c(c1)OCO2)(N(C)C)N(C)C. The molecule has 0 radical (unpaired) electrons. The summed E-state index contributed by atoms with van der Waals surface area (Å²) in [6.07, 6.45) is 0. The van der Waals surface area contributed by atoms with Gasteiger partial charge in [-0.3, -0.25) is 0 Å². The predicted molar refractivity (Wildman–Crippen MR) is 85.5 cm³/mol. The van der Waals surface area contributed by atoms with E-state index < -0.39 is 13.6 Å². The molecule has 2 rings (SSSR count). The van der Waals surface area contributed by atoms with Crippen LogP contribution in [0.3, 0.4) is 0 Å². The van der Waals surface area contributed by atoms with E-state index in [1.165, 1.54) is 0 Å². The van der Waals surface area contributed by atoms with Crippen LogP contribution in [-0.4, -0.2) is 68.2 Å². The quantitative estimate of drug-likeness (QED) is 0.837. The Morgan fingerprint density at radius 2 is 1.48 bits per heavy atom. The van der Waals surface area contributed by atoms with Crippen molar-refractivity contribution in [2.24, 2.45) is 0 Å². The molecule has 1 aliphatic heterocycles. The number of hydrogen-bond donors (Lipinski definition) is 1. The van der Waals surface area contributed by atoms with Gasteiger partial charge in [-0.1, -0.05) is 0 Å². The zero-order valence-electron chi connectivity index (χ0n) is 13.6. The number of hydrogen-bond acceptors (Lipinski definition) is 6. The number of ether oxygens (including phenoxy) is 2. The number of aliphatic hydroxyl groups is 1. The molecule has 1 unspecified atom stereocenters. The smallest absolute Gasteiger partial charge is 0.261 e. The topological polar surface area (TPSA) is 48.4 Å². The molecule has 1 aromatic rings. The van der Waals surface area contributed by atoms with Gasteiger partial charge in [-0.25, -0.2) is 0 Å².